The van der Waals surface area contributed by atoms with Gasteiger partial charge in [-0.2, -0.15) is 13.2 Å². The van der Waals surface area contributed by atoms with Crippen LogP contribution in [0, 0.1) is 23.2 Å². The quantitative estimate of drug-likeness (QED) is 0.163. The molecule has 10 heteroatoms. The number of piperidine rings is 1. The van der Waals surface area contributed by atoms with Gasteiger partial charge in [0.05, 0.1) is 31.8 Å². The summed E-state index contributed by atoms with van der Waals surface area (Å²) < 4.78 is 57.4. The molecule has 2 aromatic carbocycles. The Morgan fingerprint density at radius 1 is 1.10 bits per heavy atom. The highest BCUT2D eigenvalue weighted by molar-refractivity contribution is 6.00. The third-order valence-electron chi connectivity index (χ3n) is 12.1. The van der Waals surface area contributed by atoms with Crippen molar-refractivity contribution < 1.29 is 41.8 Å². The van der Waals surface area contributed by atoms with E-state index in [1.54, 1.807) is 18.2 Å². The summed E-state index contributed by atoms with van der Waals surface area (Å²) in [6, 6.07) is 18.5. The molecule has 2 aromatic rings. The maximum atomic E-state index is 14.6. The van der Waals surface area contributed by atoms with Crippen molar-refractivity contribution in [3.05, 3.63) is 101 Å². The Hall–Kier alpha value is -3.89. The van der Waals surface area contributed by atoms with Crippen molar-refractivity contribution in [2.24, 2.45) is 23.2 Å². The number of carbonyl (C=O) groups is 2. The molecule has 7 nitrogen and oxygen atoms in total. The number of hydrogen-bond acceptors (Lipinski definition) is 5. The summed E-state index contributed by atoms with van der Waals surface area (Å²) in [5, 5.41) is 14.4. The molecule has 2 aliphatic heterocycles. The number of amides is 1. The van der Waals surface area contributed by atoms with Gasteiger partial charge < -0.3 is 24.4 Å². The predicted octanol–water partition coefficient (Wildman–Crippen LogP) is 7.41. The van der Waals surface area contributed by atoms with E-state index in [9.17, 15) is 27.9 Å². The number of carbonyl (C=O) groups excluding carboxylic acids is 2. The molecule has 0 aromatic heterocycles. The second-order valence-electron chi connectivity index (χ2n) is 15.4. The van der Waals surface area contributed by atoms with Gasteiger partial charge in [0.15, 0.2) is 5.76 Å². The summed E-state index contributed by atoms with van der Waals surface area (Å²) in [6.07, 6.45) is 1.25. The fourth-order valence-corrected chi connectivity index (χ4v) is 10.5. The van der Waals surface area contributed by atoms with E-state index in [2.05, 4.69) is 43.4 Å². The summed E-state index contributed by atoms with van der Waals surface area (Å²) in [6.45, 7) is 8.41. The summed E-state index contributed by atoms with van der Waals surface area (Å²) in [4.78, 5) is 26.5. The van der Waals surface area contributed by atoms with Gasteiger partial charge in [0.2, 0.25) is 5.72 Å². The van der Waals surface area contributed by atoms with Gasteiger partial charge in [-0.1, -0.05) is 80.9 Å². The number of aliphatic hydroxyl groups excluding tert-OH is 1. The van der Waals surface area contributed by atoms with Crippen LogP contribution >= 0.6 is 0 Å². The molecule has 4 fully saturated rings. The zero-order valence-electron chi connectivity index (χ0n) is 28.8. The molecule has 2 N–H and O–H groups in total. The Balaban J connectivity index is 1.34. The van der Waals surface area contributed by atoms with Crippen LogP contribution in [0.15, 0.2) is 89.4 Å². The van der Waals surface area contributed by atoms with E-state index < -0.39 is 46.8 Å². The van der Waals surface area contributed by atoms with Gasteiger partial charge in [-0.15, -0.1) is 0 Å². The van der Waals surface area contributed by atoms with Crippen LogP contribution in [-0.4, -0.2) is 65.1 Å². The van der Waals surface area contributed by atoms with Crippen molar-refractivity contribution in [3.8, 4) is 0 Å². The first-order valence-corrected chi connectivity index (χ1v) is 17.9. The third-order valence-corrected chi connectivity index (χ3v) is 12.1. The van der Waals surface area contributed by atoms with Crippen LogP contribution in [0.3, 0.4) is 0 Å². The number of benzene rings is 2. The highest BCUT2D eigenvalue weighted by atomic mass is 19.4. The fraction of sp³-hybridized carbons (Fsp3) is 0.500. The molecule has 3 aliphatic carbocycles. The minimum atomic E-state index is -4.99. The van der Waals surface area contributed by atoms with Crippen LogP contribution in [0.5, 0.6) is 0 Å². The molecule has 50 heavy (non-hydrogen) atoms. The van der Waals surface area contributed by atoms with Crippen molar-refractivity contribution in [1.29, 1.82) is 0 Å². The third kappa shape index (κ3) is 5.68. The number of rotatable bonds is 9. The van der Waals surface area contributed by atoms with E-state index in [0.717, 1.165) is 49.5 Å². The predicted molar refractivity (Wildman–Crippen MR) is 182 cm³/mol. The van der Waals surface area contributed by atoms with Crippen molar-refractivity contribution in [1.82, 2.24) is 5.32 Å². The Morgan fingerprint density at radius 3 is 2.46 bits per heavy atom. The summed E-state index contributed by atoms with van der Waals surface area (Å²) in [5.74, 6) is -2.50. The molecule has 2 saturated carbocycles. The average Bonchev–Trinajstić information content (AvgIpc) is 3.35. The number of allylic oxidation sites excluding steroid dienone is 1. The highest BCUT2D eigenvalue weighted by Gasteiger charge is 2.77. The Labute approximate surface area is 291 Å². The molecule has 1 amide bonds. The number of likely N-dealkylation sites (tertiary alicyclic amines) is 1. The van der Waals surface area contributed by atoms with Crippen LogP contribution in [0.2, 0.25) is 0 Å². The van der Waals surface area contributed by atoms with Gasteiger partial charge >= 0.3 is 12.1 Å². The normalized spacial score (nSPS) is 33.1. The number of quaternary nitrogens is 1. The lowest BCUT2D eigenvalue weighted by molar-refractivity contribution is -0.966. The van der Waals surface area contributed by atoms with Crippen molar-refractivity contribution in [3.63, 3.8) is 0 Å². The fourth-order valence-electron chi connectivity index (χ4n) is 10.5. The SMILES string of the molecule is CC(=O)OC1=CC(O)=C2C[C@@H]3[C@@H]4CCC[C@@H]5OC1(NC(=O)C(=Cc1ccccc1)C(F)(F)F)C2[C@@]54CC[N+]3(CCc1ccccc1)CC(C)C. The van der Waals surface area contributed by atoms with E-state index in [1.165, 1.54) is 30.7 Å². The number of ether oxygens (including phenoxy) is 2. The molecule has 1 spiro atoms. The van der Waals surface area contributed by atoms with Crippen LogP contribution in [0.4, 0.5) is 13.2 Å². The number of halogens is 3. The molecule has 0 radical (unpaired) electrons. The molecule has 2 heterocycles. The van der Waals surface area contributed by atoms with E-state index in [4.69, 9.17) is 9.47 Å². The van der Waals surface area contributed by atoms with Crippen LogP contribution in [0.25, 0.3) is 6.08 Å². The van der Waals surface area contributed by atoms with E-state index >= 15 is 0 Å². The lowest BCUT2D eigenvalue weighted by Gasteiger charge is -2.65. The lowest BCUT2D eigenvalue weighted by Crippen LogP contribution is -2.73. The van der Waals surface area contributed by atoms with Gasteiger partial charge in [-0.3, -0.25) is 9.59 Å². The standard InChI is InChI=1S/C40H45F3N2O5/c1-25(2)24-45(19-17-27-11-6-4-7-12-27)20-18-38-30-15-10-16-34(38)50-39(35(49-26(3)46)23-33(47)29(36(38)39)22-32(30)45)44-37(48)31(40(41,42)43)21-28-13-8-5-9-14-28/h4-9,11-14,21,23,25,30,32,34,36H,10,15-20,22,24H2,1-3H3,(H-,44,47,48)/p+1/t30-,32+,34-,36?,38+,39?,45?/m0/s1. The van der Waals surface area contributed by atoms with Gasteiger partial charge in [0, 0.05) is 55.4 Å². The first kappa shape index (κ1) is 34.6. The van der Waals surface area contributed by atoms with E-state index in [-0.39, 0.29) is 29.0 Å². The number of esters is 1. The van der Waals surface area contributed by atoms with Crippen LogP contribution < -0.4 is 5.32 Å². The van der Waals surface area contributed by atoms with Crippen molar-refractivity contribution in [2.75, 3.05) is 19.6 Å². The molecule has 7 atom stereocenters. The topological polar surface area (TPSA) is 84.9 Å². The summed E-state index contributed by atoms with van der Waals surface area (Å²) in [7, 11) is 0. The van der Waals surface area contributed by atoms with Gasteiger partial charge in [0.25, 0.3) is 5.91 Å². The Kier molecular flexibility index (Phi) is 8.78. The van der Waals surface area contributed by atoms with Gasteiger partial charge in [0.1, 0.15) is 11.3 Å². The van der Waals surface area contributed by atoms with Gasteiger partial charge in [-0.05, 0) is 35.6 Å². The van der Waals surface area contributed by atoms with E-state index in [0.29, 0.717) is 30.8 Å². The molecule has 2 bridgehead atoms. The minimum Gasteiger partial charge on any atom is -0.508 e. The zero-order chi connectivity index (χ0) is 35.5. The average molecular weight is 692 g/mol. The molecule has 266 valence electrons. The number of aliphatic hydroxyl groups is 1. The van der Waals surface area contributed by atoms with Crippen molar-refractivity contribution >= 4 is 18.0 Å². The van der Waals surface area contributed by atoms with Crippen LogP contribution in [-0.2, 0) is 25.5 Å². The Bertz CT molecular complexity index is 1740. The largest absolute Gasteiger partial charge is 0.508 e. The van der Waals surface area contributed by atoms with E-state index in [1.807, 2.05) is 6.07 Å². The summed E-state index contributed by atoms with van der Waals surface area (Å²) in [5.41, 5.74) is -1.72. The maximum absolute atomic E-state index is 14.6. The molecule has 2 saturated heterocycles. The number of alkyl halides is 3. The van der Waals surface area contributed by atoms with Crippen molar-refractivity contribution in [2.45, 2.75) is 83.3 Å². The smallest absolute Gasteiger partial charge is 0.421 e. The second kappa shape index (κ2) is 12.7. The number of nitrogens with zero attached hydrogens (tertiary/aromatic N) is 1. The van der Waals surface area contributed by atoms with Gasteiger partial charge in [-0.25, -0.2) is 0 Å². The molecular weight excluding hydrogens is 645 g/mol. The highest BCUT2D eigenvalue weighted by Crippen LogP contribution is 2.71. The van der Waals surface area contributed by atoms with Crippen LogP contribution in [0.1, 0.15) is 64.0 Å². The minimum absolute atomic E-state index is 0.0581. The molecule has 5 aliphatic rings. The monoisotopic (exact) mass is 691 g/mol. The molecular formula is C40H46F3N2O5+. The first-order chi connectivity index (χ1) is 23.8. The second-order valence-corrected chi connectivity index (χ2v) is 15.4. The summed E-state index contributed by atoms with van der Waals surface area (Å²) >= 11 is 0. The lowest BCUT2D eigenvalue weighted by atomic mass is 9.46. The molecule has 7 rings (SSSR count). The first-order valence-electron chi connectivity index (χ1n) is 17.9. The number of hydrogen-bond donors (Lipinski definition) is 2. The zero-order valence-corrected chi connectivity index (χ0v) is 28.8. The number of nitrogens with one attached hydrogen (secondary N) is 1. The molecule has 3 unspecified atom stereocenters. The maximum Gasteiger partial charge on any atom is 0.421 e. The Morgan fingerprint density at radius 2 is 1.80 bits per heavy atom.